The van der Waals surface area contributed by atoms with Gasteiger partial charge in [0.1, 0.15) is 5.69 Å². The first kappa shape index (κ1) is 14.7. The van der Waals surface area contributed by atoms with Crippen LogP contribution in [0.5, 0.6) is 0 Å². The Hall–Kier alpha value is -0.390. The molecule has 1 rings (SSSR count). The molecule has 0 radical (unpaired) electrons. The molecular formula is C11H13BrClN3S. The van der Waals surface area contributed by atoms with Gasteiger partial charge in [-0.1, -0.05) is 34.5 Å². The van der Waals surface area contributed by atoms with E-state index >= 15 is 0 Å². The van der Waals surface area contributed by atoms with Gasteiger partial charge in [0.2, 0.25) is 0 Å². The Bertz CT molecular complexity index is 413. The van der Waals surface area contributed by atoms with E-state index in [1.54, 1.807) is 24.0 Å². The number of halogens is 2. The molecule has 0 saturated carbocycles. The van der Waals surface area contributed by atoms with Crippen LogP contribution in [-0.4, -0.2) is 27.4 Å². The third kappa shape index (κ3) is 5.66. The van der Waals surface area contributed by atoms with Crippen molar-refractivity contribution >= 4 is 45.0 Å². The maximum atomic E-state index is 5.71. The van der Waals surface area contributed by atoms with Crippen molar-refractivity contribution in [1.82, 2.24) is 10.2 Å². The van der Waals surface area contributed by atoms with E-state index in [-0.39, 0.29) is 0 Å². The van der Waals surface area contributed by atoms with Crippen molar-refractivity contribution in [3.8, 4) is 0 Å². The van der Waals surface area contributed by atoms with Gasteiger partial charge < -0.3 is 0 Å². The summed E-state index contributed by atoms with van der Waals surface area (Å²) in [5.74, 6) is 1.85. The molecule has 1 heterocycles. The van der Waals surface area contributed by atoms with Crippen molar-refractivity contribution in [2.45, 2.75) is 13.8 Å². The van der Waals surface area contributed by atoms with Crippen molar-refractivity contribution in [3.05, 3.63) is 33.7 Å². The second kappa shape index (κ2) is 7.84. The second-order valence-electron chi connectivity index (χ2n) is 3.17. The third-order valence-corrected chi connectivity index (χ3v) is 3.06. The summed E-state index contributed by atoms with van der Waals surface area (Å²) in [6.45, 7) is 4.04. The van der Waals surface area contributed by atoms with Crippen LogP contribution < -0.4 is 0 Å². The predicted molar refractivity (Wildman–Crippen MR) is 79.3 cm³/mol. The molecule has 0 unspecified atom stereocenters. The molecule has 0 aliphatic carbocycles. The van der Waals surface area contributed by atoms with E-state index in [1.165, 1.54) is 0 Å². The Kier molecular flexibility index (Phi) is 6.77. The second-order valence-corrected chi connectivity index (χ2v) is 6.08. The number of hydrogen-bond acceptors (Lipinski definition) is 4. The number of rotatable bonds is 5. The molecule has 6 heteroatoms. The van der Waals surface area contributed by atoms with Gasteiger partial charge in [0, 0.05) is 16.4 Å². The zero-order valence-corrected chi connectivity index (χ0v) is 12.8. The number of allylic oxidation sites excluding steroid dienone is 1. The van der Waals surface area contributed by atoms with Crippen LogP contribution in [0.1, 0.15) is 19.5 Å². The molecule has 1 aromatic rings. The van der Waals surface area contributed by atoms with Gasteiger partial charge in [-0.05, 0) is 24.8 Å². The Balaban J connectivity index is 2.93. The molecule has 92 valence electrons. The summed E-state index contributed by atoms with van der Waals surface area (Å²) in [5.41, 5.74) is 1.67. The van der Waals surface area contributed by atoms with E-state index < -0.39 is 0 Å². The first-order valence-corrected chi connectivity index (χ1v) is 7.42. The molecule has 0 N–H and O–H groups in total. The maximum absolute atomic E-state index is 5.71. The van der Waals surface area contributed by atoms with Gasteiger partial charge >= 0.3 is 0 Å². The molecule has 3 nitrogen and oxygen atoms in total. The highest BCUT2D eigenvalue weighted by Crippen LogP contribution is 2.10. The summed E-state index contributed by atoms with van der Waals surface area (Å²) < 4.78 is 0.971. The first-order chi connectivity index (χ1) is 8.13. The topological polar surface area (TPSA) is 38.1 Å². The number of aliphatic imine (C=N–C) groups is 1. The fourth-order valence-electron chi connectivity index (χ4n) is 1.01. The highest BCUT2D eigenvalue weighted by atomic mass is 79.9. The Morgan fingerprint density at radius 2 is 2.29 bits per heavy atom. The summed E-state index contributed by atoms with van der Waals surface area (Å²) in [4.78, 5) is 4.40. The van der Waals surface area contributed by atoms with Gasteiger partial charge in [0.15, 0.2) is 5.15 Å². The Labute approximate surface area is 119 Å². The Morgan fingerprint density at radius 3 is 2.82 bits per heavy atom. The summed E-state index contributed by atoms with van der Waals surface area (Å²) in [5, 5.41) is 8.26. The number of hydrogen-bond donors (Lipinski definition) is 0. The average Bonchev–Trinajstić information content (AvgIpc) is 2.30. The molecule has 0 aliphatic heterocycles. The lowest BCUT2D eigenvalue weighted by Gasteiger charge is -2.03. The van der Waals surface area contributed by atoms with Gasteiger partial charge in [-0.3, -0.25) is 4.99 Å². The molecule has 17 heavy (non-hydrogen) atoms. The minimum atomic E-state index is 0.392. The van der Waals surface area contributed by atoms with Crippen molar-refractivity contribution < 1.29 is 0 Å². The van der Waals surface area contributed by atoms with Crippen molar-refractivity contribution in [2.24, 2.45) is 4.99 Å². The molecule has 0 fully saturated rings. The first-order valence-electron chi connectivity index (χ1n) is 5.09. The van der Waals surface area contributed by atoms with Crippen LogP contribution in [0.25, 0.3) is 0 Å². The van der Waals surface area contributed by atoms with Crippen LogP contribution in [0.15, 0.2) is 27.8 Å². The largest absolute Gasteiger partial charge is 0.257 e. The fraction of sp³-hybridized carbons (Fsp3) is 0.364. The molecule has 0 amide bonds. The zero-order valence-electron chi connectivity index (χ0n) is 9.65. The molecule has 0 saturated heterocycles. The van der Waals surface area contributed by atoms with Gasteiger partial charge in [-0.2, -0.15) is 11.8 Å². The van der Waals surface area contributed by atoms with Crippen LogP contribution in [0.2, 0.25) is 5.15 Å². The normalized spacial score (nSPS) is 12.9. The van der Waals surface area contributed by atoms with Gasteiger partial charge in [0.25, 0.3) is 0 Å². The fourth-order valence-corrected chi connectivity index (χ4v) is 1.84. The Morgan fingerprint density at radius 1 is 1.53 bits per heavy atom. The zero-order chi connectivity index (χ0) is 12.7. The highest BCUT2D eigenvalue weighted by Gasteiger charge is 2.05. The number of thioether (sulfide) groups is 1. The summed E-state index contributed by atoms with van der Waals surface area (Å²) in [7, 11) is 0. The van der Waals surface area contributed by atoms with Crippen LogP contribution in [0.4, 0.5) is 0 Å². The van der Waals surface area contributed by atoms with Gasteiger partial charge in [-0.25, -0.2) is 0 Å². The van der Waals surface area contributed by atoms with E-state index in [1.807, 2.05) is 13.0 Å². The maximum Gasteiger partial charge on any atom is 0.151 e. The minimum absolute atomic E-state index is 0.392. The van der Waals surface area contributed by atoms with E-state index in [4.69, 9.17) is 11.6 Å². The van der Waals surface area contributed by atoms with Gasteiger partial charge in [0.05, 0.1) is 5.71 Å². The smallest absolute Gasteiger partial charge is 0.151 e. The van der Waals surface area contributed by atoms with E-state index in [9.17, 15) is 0 Å². The van der Waals surface area contributed by atoms with Crippen LogP contribution in [0.3, 0.4) is 0 Å². The molecule has 0 spiro atoms. The summed E-state index contributed by atoms with van der Waals surface area (Å²) in [6, 6.07) is 3.56. The van der Waals surface area contributed by atoms with Crippen LogP contribution >= 0.6 is 39.3 Å². The third-order valence-electron chi connectivity index (χ3n) is 1.77. The molecule has 0 bridgehead atoms. The molecule has 0 aliphatic rings. The van der Waals surface area contributed by atoms with E-state index in [0.717, 1.165) is 27.4 Å². The predicted octanol–water partition coefficient (Wildman–Crippen LogP) is 3.93. The summed E-state index contributed by atoms with van der Waals surface area (Å²) in [6.07, 6.45) is 1.77. The molecule has 0 aromatic carbocycles. The van der Waals surface area contributed by atoms with E-state index in [2.05, 4.69) is 38.0 Å². The van der Waals surface area contributed by atoms with Gasteiger partial charge in [-0.15, -0.1) is 10.2 Å². The quantitative estimate of drug-likeness (QED) is 0.766. The minimum Gasteiger partial charge on any atom is -0.257 e. The molecular weight excluding hydrogens is 322 g/mol. The number of aromatic nitrogens is 2. The number of nitrogens with zero attached hydrogens (tertiary/aromatic N) is 3. The molecule has 0 atom stereocenters. The monoisotopic (exact) mass is 333 g/mol. The van der Waals surface area contributed by atoms with Crippen molar-refractivity contribution in [1.29, 1.82) is 0 Å². The molecule has 1 aromatic heterocycles. The highest BCUT2D eigenvalue weighted by molar-refractivity contribution is 9.11. The van der Waals surface area contributed by atoms with Crippen LogP contribution in [-0.2, 0) is 0 Å². The lowest BCUT2D eigenvalue weighted by atomic mass is 10.3. The lowest BCUT2D eigenvalue weighted by molar-refractivity contribution is 1.02. The van der Waals surface area contributed by atoms with Crippen molar-refractivity contribution in [2.75, 3.05) is 11.5 Å². The van der Waals surface area contributed by atoms with E-state index in [0.29, 0.717) is 5.15 Å². The van der Waals surface area contributed by atoms with Crippen molar-refractivity contribution in [3.63, 3.8) is 0 Å². The van der Waals surface area contributed by atoms with Crippen LogP contribution in [0, 0.1) is 0 Å². The SMILES string of the molecule is CCSC/C(=N\C=C(/C)Br)c1ccc(Cl)nn1. The summed E-state index contributed by atoms with van der Waals surface area (Å²) >= 11 is 10.8. The lowest BCUT2D eigenvalue weighted by Crippen LogP contribution is -2.08. The average molecular weight is 335 g/mol. The standard InChI is InChI=1S/C11H13BrClN3S/c1-3-17-7-10(14-6-8(2)12)9-4-5-11(13)16-15-9/h4-6H,3,7H2,1-2H3/b8-6+,14-10+.